The monoisotopic (exact) mass is 634 g/mol. The number of anilines is 1. The van der Waals surface area contributed by atoms with Gasteiger partial charge in [0, 0.05) is 52.2 Å². The maximum atomic E-state index is 12.8. The van der Waals surface area contributed by atoms with Gasteiger partial charge in [0.15, 0.2) is 6.10 Å². The number of hydrogen-bond donors (Lipinski definition) is 6. The van der Waals surface area contributed by atoms with Crippen LogP contribution in [0.25, 0.3) is 6.08 Å². The van der Waals surface area contributed by atoms with E-state index in [0.717, 1.165) is 17.1 Å². The van der Waals surface area contributed by atoms with Crippen molar-refractivity contribution in [2.75, 3.05) is 39.1 Å². The van der Waals surface area contributed by atoms with Crippen LogP contribution in [0.1, 0.15) is 18.4 Å². The van der Waals surface area contributed by atoms with Gasteiger partial charge in [-0.15, -0.1) is 0 Å². The van der Waals surface area contributed by atoms with Crippen molar-refractivity contribution >= 4 is 47.5 Å². The highest BCUT2D eigenvalue weighted by atomic mass is 16.7. The van der Waals surface area contributed by atoms with Gasteiger partial charge in [-0.05, 0) is 23.8 Å². The third kappa shape index (κ3) is 9.57. The van der Waals surface area contributed by atoms with Crippen LogP contribution in [-0.4, -0.2) is 130 Å². The first-order valence-corrected chi connectivity index (χ1v) is 13.6. The van der Waals surface area contributed by atoms with E-state index in [2.05, 4.69) is 10.6 Å². The molecule has 244 valence electrons. The van der Waals surface area contributed by atoms with E-state index in [-0.39, 0.29) is 44.0 Å². The molecule has 45 heavy (non-hydrogen) atoms. The fourth-order valence-corrected chi connectivity index (χ4v) is 4.04. The number of ether oxygens (including phenoxy) is 3. The number of imide groups is 1. The number of hydrogen-bond acceptors (Lipinski definition) is 12. The van der Waals surface area contributed by atoms with Gasteiger partial charge < -0.3 is 50.2 Å². The summed E-state index contributed by atoms with van der Waals surface area (Å²) in [5, 5.41) is 44.8. The van der Waals surface area contributed by atoms with Crippen LogP contribution >= 0.6 is 0 Å². The Balaban J connectivity index is 1.67. The summed E-state index contributed by atoms with van der Waals surface area (Å²) in [6.07, 6.45) is -5.03. The Morgan fingerprint density at radius 2 is 1.69 bits per heavy atom. The molecule has 1 saturated heterocycles. The molecule has 6 N–H and O–H groups in total. The second kappa shape index (κ2) is 15.8. The van der Waals surface area contributed by atoms with Gasteiger partial charge in [-0.2, -0.15) is 0 Å². The molecule has 0 spiro atoms. The van der Waals surface area contributed by atoms with Gasteiger partial charge in [0.05, 0.1) is 5.69 Å². The van der Waals surface area contributed by atoms with Gasteiger partial charge >= 0.3 is 12.1 Å². The third-order valence-corrected chi connectivity index (χ3v) is 6.45. The van der Waals surface area contributed by atoms with Crippen LogP contribution in [0.3, 0.4) is 0 Å². The maximum absolute atomic E-state index is 12.8. The molecule has 0 saturated carbocycles. The number of aliphatic hydroxyl groups is 3. The molecule has 0 aliphatic carbocycles. The van der Waals surface area contributed by atoms with Gasteiger partial charge in [-0.25, -0.2) is 9.59 Å². The summed E-state index contributed by atoms with van der Waals surface area (Å²) in [4.78, 5) is 73.3. The van der Waals surface area contributed by atoms with Crippen LogP contribution < -0.4 is 15.4 Å². The van der Waals surface area contributed by atoms with Crippen molar-refractivity contribution in [2.45, 2.75) is 43.5 Å². The van der Waals surface area contributed by atoms with Crippen LogP contribution in [0.15, 0.2) is 36.4 Å². The summed E-state index contributed by atoms with van der Waals surface area (Å²) in [6, 6.07) is 4.33. The molecule has 0 bridgehead atoms. The topological polar surface area (TPSA) is 242 Å². The van der Waals surface area contributed by atoms with Crippen molar-refractivity contribution in [3.63, 3.8) is 0 Å². The molecule has 0 unspecified atom stereocenters. The van der Waals surface area contributed by atoms with Crippen LogP contribution in [0, 0.1) is 0 Å². The number of carboxylic acid groups (broad SMARTS) is 1. The van der Waals surface area contributed by atoms with E-state index >= 15 is 0 Å². The predicted molar refractivity (Wildman–Crippen MR) is 152 cm³/mol. The van der Waals surface area contributed by atoms with Crippen LogP contribution in [0.2, 0.25) is 0 Å². The zero-order valence-corrected chi connectivity index (χ0v) is 24.3. The number of carboxylic acids is 1. The minimum Gasteiger partial charge on any atom is -0.479 e. The summed E-state index contributed by atoms with van der Waals surface area (Å²) in [7, 11) is 3.04. The van der Waals surface area contributed by atoms with E-state index in [1.807, 2.05) is 0 Å². The molecule has 17 heteroatoms. The largest absolute Gasteiger partial charge is 0.479 e. The first kappa shape index (κ1) is 34.6. The second-order valence-corrected chi connectivity index (χ2v) is 10.0. The number of carbonyl (C=O) groups excluding carboxylic acids is 5. The van der Waals surface area contributed by atoms with Gasteiger partial charge in [0.2, 0.25) is 18.1 Å². The van der Waals surface area contributed by atoms with Crippen LogP contribution in [0.5, 0.6) is 5.75 Å². The lowest BCUT2D eigenvalue weighted by Crippen LogP contribution is -2.61. The third-order valence-electron chi connectivity index (χ3n) is 6.45. The van der Waals surface area contributed by atoms with Gasteiger partial charge in [0.1, 0.15) is 30.7 Å². The highest BCUT2D eigenvalue weighted by molar-refractivity contribution is 6.13. The number of nitrogens with zero attached hydrogens (tertiary/aromatic N) is 2. The number of amides is 5. The van der Waals surface area contributed by atoms with Gasteiger partial charge in [-0.1, -0.05) is 12.1 Å². The predicted octanol–water partition coefficient (Wildman–Crippen LogP) is -1.57. The number of carbonyl (C=O) groups is 6. The first-order chi connectivity index (χ1) is 21.3. The van der Waals surface area contributed by atoms with Crippen molar-refractivity contribution in [1.29, 1.82) is 0 Å². The Kier molecular flexibility index (Phi) is 12.1. The summed E-state index contributed by atoms with van der Waals surface area (Å²) in [6.45, 7) is -0.291. The maximum Gasteiger partial charge on any atom is 0.409 e. The molecule has 17 nitrogen and oxygen atoms in total. The molecule has 5 amide bonds. The van der Waals surface area contributed by atoms with Crippen molar-refractivity contribution in [3.8, 4) is 5.75 Å². The van der Waals surface area contributed by atoms with Crippen molar-refractivity contribution in [2.24, 2.45) is 0 Å². The van der Waals surface area contributed by atoms with E-state index in [9.17, 15) is 49.2 Å². The molecule has 1 aromatic carbocycles. The quantitative estimate of drug-likeness (QED) is 0.135. The lowest BCUT2D eigenvalue weighted by molar-refractivity contribution is -0.271. The molecule has 2 heterocycles. The number of aliphatic hydroxyl groups excluding tert-OH is 3. The van der Waals surface area contributed by atoms with Crippen LogP contribution in [0.4, 0.5) is 10.5 Å². The molecule has 0 aromatic heterocycles. The molecule has 5 atom stereocenters. The molecule has 2 aliphatic rings. The Labute approximate surface area is 256 Å². The highest BCUT2D eigenvalue weighted by Gasteiger charge is 2.48. The van der Waals surface area contributed by atoms with E-state index in [4.69, 9.17) is 14.2 Å². The first-order valence-electron chi connectivity index (χ1n) is 13.6. The average molecular weight is 635 g/mol. The number of benzene rings is 1. The Hall–Kier alpha value is -4.84. The van der Waals surface area contributed by atoms with E-state index in [1.54, 1.807) is 6.08 Å². The number of aliphatic carboxylic acids is 1. The van der Waals surface area contributed by atoms with Crippen molar-refractivity contribution < 1.29 is 63.4 Å². The Bertz CT molecular complexity index is 1340. The standard InChI is InChI=1S/C28H34N4O13/c1-31(2)28(42)43-13-3-4-15-5-6-17(44-27-24(39)22(37)23(38)25(45-27)26(40)41)16(14-15)30-19(34)9-11-29-18(33)10-12-32-20(35)7-8-21(32)36/h3-8,14,22-25,27,37-39H,9-13H2,1-2H3,(H,29,33)(H,30,34)(H,40,41)/b4-3+/t22-,23-,24+,25-,27+/m0/s1. The summed E-state index contributed by atoms with van der Waals surface area (Å²) in [5.41, 5.74) is 0.525. The zero-order chi connectivity index (χ0) is 33.3. The normalized spacial score (nSPS) is 22.8. The van der Waals surface area contributed by atoms with E-state index < -0.39 is 66.4 Å². The fourth-order valence-electron chi connectivity index (χ4n) is 4.04. The van der Waals surface area contributed by atoms with Gasteiger partial charge in [-0.3, -0.25) is 24.1 Å². The summed E-state index contributed by atoms with van der Waals surface area (Å²) in [5.74, 6) is -3.85. The number of nitrogens with one attached hydrogen (secondary N) is 2. The van der Waals surface area contributed by atoms with E-state index in [1.165, 1.54) is 43.3 Å². The minimum atomic E-state index is -1.94. The smallest absolute Gasteiger partial charge is 0.409 e. The highest BCUT2D eigenvalue weighted by Crippen LogP contribution is 2.31. The molecular formula is C28H34N4O13. The molecule has 1 aromatic rings. The molecular weight excluding hydrogens is 600 g/mol. The van der Waals surface area contributed by atoms with Crippen LogP contribution in [-0.2, 0) is 33.4 Å². The molecule has 1 fully saturated rings. The Morgan fingerprint density at radius 1 is 1.00 bits per heavy atom. The molecule has 2 aliphatic heterocycles. The fraction of sp³-hybridized carbons (Fsp3) is 0.429. The lowest BCUT2D eigenvalue weighted by atomic mass is 9.99. The molecule has 3 rings (SSSR count). The van der Waals surface area contributed by atoms with Crippen molar-refractivity contribution in [1.82, 2.24) is 15.1 Å². The second-order valence-electron chi connectivity index (χ2n) is 10.0. The van der Waals surface area contributed by atoms with Gasteiger partial charge in [0.25, 0.3) is 11.8 Å². The summed E-state index contributed by atoms with van der Waals surface area (Å²) < 4.78 is 15.8. The average Bonchev–Trinajstić information content (AvgIpc) is 3.31. The zero-order valence-electron chi connectivity index (χ0n) is 24.3. The lowest BCUT2D eigenvalue weighted by Gasteiger charge is -2.38. The SMILES string of the molecule is CN(C)C(=O)OC/C=C/c1ccc(O[C@@H]2O[C@H](C(=O)O)[C@@H](O)[C@H](O)[C@H]2O)c(NC(=O)CCNC(=O)CCN2C(=O)C=CC2=O)c1. The summed E-state index contributed by atoms with van der Waals surface area (Å²) >= 11 is 0. The minimum absolute atomic E-state index is 0.0283. The Morgan fingerprint density at radius 3 is 2.33 bits per heavy atom. The number of rotatable bonds is 13. The molecule has 0 radical (unpaired) electrons. The van der Waals surface area contributed by atoms with E-state index in [0.29, 0.717) is 5.56 Å². The van der Waals surface area contributed by atoms with Crippen molar-refractivity contribution in [3.05, 3.63) is 42.0 Å².